The van der Waals surface area contributed by atoms with Crippen molar-refractivity contribution in [2.45, 2.75) is 31.7 Å². The molecule has 2 unspecified atom stereocenters. The van der Waals surface area contributed by atoms with E-state index in [0.29, 0.717) is 12.8 Å². The molecule has 1 fully saturated rings. The van der Waals surface area contributed by atoms with E-state index in [1.807, 2.05) is 43.3 Å². The molecule has 2 atom stereocenters. The quantitative estimate of drug-likeness (QED) is 0.511. The molecule has 180 valence electrons. The maximum Gasteiger partial charge on any atom is 0.412 e. The van der Waals surface area contributed by atoms with Gasteiger partial charge in [0.25, 0.3) is 5.91 Å². The standard InChI is InChI=1S/C26H26N4O5/c1-15-10-11-16(25(32)33)13-30(15)24(31)22-12-23(29-28-22)27-26(34)35-14-21-19-8-4-2-6-17(19)18-7-3-5-9-20(18)21/h2-9,12,15-16,21H,10-11,13-14H2,1H3,(H,32,33)(H2,27,28,29,34). The highest BCUT2D eigenvalue weighted by atomic mass is 16.5. The number of ether oxygens (including phenoxy) is 1. The van der Waals surface area contributed by atoms with Crippen molar-refractivity contribution in [3.63, 3.8) is 0 Å². The van der Waals surface area contributed by atoms with Gasteiger partial charge in [-0.15, -0.1) is 0 Å². The summed E-state index contributed by atoms with van der Waals surface area (Å²) in [6.07, 6.45) is 0.481. The molecule has 0 bridgehead atoms. The second-order valence-corrected chi connectivity index (χ2v) is 9.04. The zero-order valence-corrected chi connectivity index (χ0v) is 19.2. The number of carboxylic acid groups (broad SMARTS) is 1. The van der Waals surface area contributed by atoms with Crippen LogP contribution in [0.4, 0.5) is 10.6 Å². The van der Waals surface area contributed by atoms with Crippen LogP contribution in [-0.2, 0) is 9.53 Å². The van der Waals surface area contributed by atoms with Crippen molar-refractivity contribution in [3.8, 4) is 11.1 Å². The number of aromatic amines is 1. The number of piperidine rings is 1. The first-order chi connectivity index (χ1) is 16.9. The van der Waals surface area contributed by atoms with Gasteiger partial charge in [0, 0.05) is 24.6 Å². The van der Waals surface area contributed by atoms with Crippen LogP contribution in [0.2, 0.25) is 0 Å². The summed E-state index contributed by atoms with van der Waals surface area (Å²) in [6, 6.07) is 17.5. The maximum absolute atomic E-state index is 12.9. The lowest BCUT2D eigenvalue weighted by Crippen LogP contribution is -2.47. The number of hydrogen-bond donors (Lipinski definition) is 3. The third-order valence-corrected chi connectivity index (χ3v) is 6.87. The molecule has 2 aliphatic rings. The molecule has 5 rings (SSSR count). The fraction of sp³-hybridized carbons (Fsp3) is 0.308. The topological polar surface area (TPSA) is 125 Å². The van der Waals surface area contributed by atoms with Crippen LogP contribution in [0, 0.1) is 5.92 Å². The molecule has 0 saturated carbocycles. The van der Waals surface area contributed by atoms with Gasteiger partial charge < -0.3 is 14.7 Å². The van der Waals surface area contributed by atoms with Gasteiger partial charge in [-0.3, -0.25) is 20.0 Å². The van der Waals surface area contributed by atoms with Gasteiger partial charge in [0.15, 0.2) is 5.82 Å². The average Bonchev–Trinajstić information content (AvgIpc) is 3.45. The van der Waals surface area contributed by atoms with Crippen LogP contribution in [0.15, 0.2) is 54.6 Å². The third-order valence-electron chi connectivity index (χ3n) is 6.87. The fourth-order valence-electron chi connectivity index (χ4n) is 4.98. The number of fused-ring (bicyclic) bond motifs is 3. The Kier molecular flexibility index (Phi) is 5.98. The molecular formula is C26H26N4O5. The number of aromatic nitrogens is 2. The number of H-pyrrole nitrogens is 1. The molecule has 2 aromatic carbocycles. The molecule has 3 aromatic rings. The lowest BCUT2D eigenvalue weighted by molar-refractivity contribution is -0.143. The predicted octanol–water partition coefficient (Wildman–Crippen LogP) is 4.10. The zero-order chi connectivity index (χ0) is 24.5. The van der Waals surface area contributed by atoms with E-state index in [1.54, 1.807) is 0 Å². The number of carboxylic acids is 1. The van der Waals surface area contributed by atoms with E-state index in [9.17, 15) is 19.5 Å². The Morgan fingerprint density at radius 1 is 1.09 bits per heavy atom. The summed E-state index contributed by atoms with van der Waals surface area (Å²) in [5, 5.41) is 18.5. The first kappa shape index (κ1) is 22.6. The predicted molar refractivity (Wildman–Crippen MR) is 128 cm³/mol. The smallest absolute Gasteiger partial charge is 0.412 e. The summed E-state index contributed by atoms with van der Waals surface area (Å²) in [7, 11) is 0. The van der Waals surface area contributed by atoms with Crippen molar-refractivity contribution >= 4 is 23.8 Å². The normalized spacial score (nSPS) is 19.1. The number of nitrogens with one attached hydrogen (secondary N) is 2. The lowest BCUT2D eigenvalue weighted by atomic mass is 9.93. The van der Waals surface area contributed by atoms with E-state index in [0.717, 1.165) is 22.3 Å². The number of likely N-dealkylation sites (tertiary alicyclic amines) is 1. The second kappa shape index (κ2) is 9.25. The molecule has 0 spiro atoms. The molecule has 3 N–H and O–H groups in total. The van der Waals surface area contributed by atoms with E-state index >= 15 is 0 Å². The summed E-state index contributed by atoms with van der Waals surface area (Å²) in [5.74, 6) is -1.75. The summed E-state index contributed by atoms with van der Waals surface area (Å²) in [5.41, 5.74) is 4.69. The molecule has 1 aliphatic heterocycles. The van der Waals surface area contributed by atoms with Crippen LogP contribution >= 0.6 is 0 Å². The van der Waals surface area contributed by atoms with Gasteiger partial charge in [0.1, 0.15) is 12.3 Å². The number of amides is 2. The molecular weight excluding hydrogens is 448 g/mol. The summed E-state index contributed by atoms with van der Waals surface area (Å²) >= 11 is 0. The highest BCUT2D eigenvalue weighted by Crippen LogP contribution is 2.44. The number of aliphatic carboxylic acids is 1. The molecule has 1 aromatic heterocycles. The van der Waals surface area contributed by atoms with E-state index in [-0.39, 0.29) is 42.5 Å². The Hall–Kier alpha value is -4.14. The van der Waals surface area contributed by atoms with Crippen LogP contribution in [0.5, 0.6) is 0 Å². The molecule has 1 saturated heterocycles. The Morgan fingerprint density at radius 2 is 1.74 bits per heavy atom. The first-order valence-electron chi connectivity index (χ1n) is 11.6. The lowest BCUT2D eigenvalue weighted by Gasteiger charge is -2.36. The van der Waals surface area contributed by atoms with Crippen LogP contribution in [0.3, 0.4) is 0 Å². The Bertz CT molecular complexity index is 1240. The number of hydrogen-bond acceptors (Lipinski definition) is 5. The average molecular weight is 475 g/mol. The van der Waals surface area contributed by atoms with Crippen molar-refractivity contribution in [1.82, 2.24) is 15.1 Å². The minimum Gasteiger partial charge on any atom is -0.481 e. The summed E-state index contributed by atoms with van der Waals surface area (Å²) in [4.78, 5) is 38.3. The Labute approximate surface area is 202 Å². The van der Waals surface area contributed by atoms with Crippen molar-refractivity contribution in [3.05, 3.63) is 71.4 Å². The summed E-state index contributed by atoms with van der Waals surface area (Å²) < 4.78 is 5.52. The van der Waals surface area contributed by atoms with E-state index in [2.05, 4.69) is 27.6 Å². The molecule has 1 aliphatic carbocycles. The number of nitrogens with zero attached hydrogens (tertiary/aromatic N) is 2. The molecule has 35 heavy (non-hydrogen) atoms. The molecule has 9 heteroatoms. The van der Waals surface area contributed by atoms with Gasteiger partial charge in [-0.25, -0.2) is 4.79 Å². The van der Waals surface area contributed by atoms with Crippen LogP contribution < -0.4 is 5.32 Å². The van der Waals surface area contributed by atoms with Gasteiger partial charge >= 0.3 is 12.1 Å². The Balaban J connectivity index is 1.22. The highest BCUT2D eigenvalue weighted by molar-refractivity contribution is 5.94. The molecule has 9 nitrogen and oxygen atoms in total. The van der Waals surface area contributed by atoms with Crippen LogP contribution in [0.25, 0.3) is 11.1 Å². The van der Waals surface area contributed by atoms with Crippen LogP contribution in [-0.4, -0.2) is 57.4 Å². The van der Waals surface area contributed by atoms with E-state index < -0.39 is 18.0 Å². The maximum atomic E-state index is 12.9. The summed E-state index contributed by atoms with van der Waals surface area (Å²) in [6.45, 7) is 2.20. The van der Waals surface area contributed by atoms with Gasteiger partial charge in [-0.2, -0.15) is 5.10 Å². The van der Waals surface area contributed by atoms with Crippen molar-refractivity contribution < 1.29 is 24.2 Å². The van der Waals surface area contributed by atoms with Gasteiger partial charge in [0.05, 0.1) is 5.92 Å². The van der Waals surface area contributed by atoms with Crippen molar-refractivity contribution in [2.24, 2.45) is 5.92 Å². The van der Waals surface area contributed by atoms with Crippen molar-refractivity contribution in [2.75, 3.05) is 18.5 Å². The van der Waals surface area contributed by atoms with Crippen molar-refractivity contribution in [1.29, 1.82) is 0 Å². The number of rotatable bonds is 5. The SMILES string of the molecule is CC1CCC(C(=O)O)CN1C(=O)c1cc(NC(=O)OCC2c3ccccc3-c3ccccc32)n[nH]1. The molecule has 2 amide bonds. The van der Waals surface area contributed by atoms with Gasteiger partial charge in [0.2, 0.25) is 0 Å². The largest absolute Gasteiger partial charge is 0.481 e. The number of benzene rings is 2. The fourth-order valence-corrected chi connectivity index (χ4v) is 4.98. The third kappa shape index (κ3) is 4.37. The zero-order valence-electron chi connectivity index (χ0n) is 19.2. The number of carbonyl (C=O) groups is 3. The minimum absolute atomic E-state index is 0.0627. The minimum atomic E-state index is -0.906. The Morgan fingerprint density at radius 3 is 2.40 bits per heavy atom. The van der Waals surface area contributed by atoms with Gasteiger partial charge in [-0.05, 0) is 42.0 Å². The molecule has 0 radical (unpaired) electrons. The van der Waals surface area contributed by atoms with Gasteiger partial charge in [-0.1, -0.05) is 48.5 Å². The van der Waals surface area contributed by atoms with E-state index in [1.165, 1.54) is 11.0 Å². The monoisotopic (exact) mass is 474 g/mol. The van der Waals surface area contributed by atoms with Crippen LogP contribution in [0.1, 0.15) is 47.3 Å². The number of anilines is 1. The second-order valence-electron chi connectivity index (χ2n) is 9.04. The highest BCUT2D eigenvalue weighted by Gasteiger charge is 2.34. The molecule has 2 heterocycles. The van der Waals surface area contributed by atoms with E-state index in [4.69, 9.17) is 4.74 Å². The number of carbonyl (C=O) groups excluding carboxylic acids is 2. The first-order valence-corrected chi connectivity index (χ1v) is 11.6.